The molecule has 2 unspecified atom stereocenters. The van der Waals surface area contributed by atoms with E-state index in [-0.39, 0.29) is 11.2 Å². The molecule has 0 aliphatic carbocycles. The van der Waals surface area contributed by atoms with E-state index in [1.165, 1.54) is 37.4 Å². The molecule has 0 spiro atoms. The molecule has 2 atom stereocenters. The molecule has 4 nitrogen and oxygen atoms in total. The Morgan fingerprint density at radius 3 is 2.37 bits per heavy atom. The van der Waals surface area contributed by atoms with Gasteiger partial charge in [0.1, 0.15) is 10.5 Å². The highest BCUT2D eigenvalue weighted by Gasteiger charge is 2.35. The minimum absolute atomic E-state index is 0.234. The zero-order chi connectivity index (χ0) is 14.1. The van der Waals surface area contributed by atoms with Crippen LogP contribution in [0.3, 0.4) is 0 Å². The first kappa shape index (κ1) is 16.3. The van der Waals surface area contributed by atoms with E-state index in [0.717, 1.165) is 12.8 Å². The summed E-state index contributed by atoms with van der Waals surface area (Å²) in [6, 6.07) is 0. The van der Waals surface area contributed by atoms with Crippen LogP contribution in [0.1, 0.15) is 58.3 Å². The van der Waals surface area contributed by atoms with Crippen molar-refractivity contribution in [3.63, 3.8) is 0 Å². The smallest absolute Gasteiger partial charge is 0.319 e. The van der Waals surface area contributed by atoms with E-state index in [0.29, 0.717) is 19.4 Å². The fraction of sp³-hybridized carbons (Fsp3) is 0.857. The molecule has 0 saturated carbocycles. The van der Waals surface area contributed by atoms with E-state index in [4.69, 9.17) is 9.84 Å². The second kappa shape index (κ2) is 9.23. The number of carbonyl (C=O) groups is 2. The molecule has 19 heavy (non-hydrogen) atoms. The molecule has 1 N–H and O–H groups in total. The molecule has 110 valence electrons. The first-order valence-corrected chi connectivity index (χ1v) is 8.14. The number of carboxylic acid groups (broad SMARTS) is 1. The summed E-state index contributed by atoms with van der Waals surface area (Å²) in [6.45, 7) is 2.66. The van der Waals surface area contributed by atoms with Gasteiger partial charge in [0, 0.05) is 0 Å². The Kier molecular flexibility index (Phi) is 7.94. The predicted molar refractivity (Wildman–Crippen MR) is 76.4 cm³/mol. The van der Waals surface area contributed by atoms with Crippen LogP contribution in [0.25, 0.3) is 0 Å². The van der Waals surface area contributed by atoms with Gasteiger partial charge in [-0.3, -0.25) is 9.59 Å². The third-order valence-electron chi connectivity index (χ3n) is 3.30. The molecular weight excluding hydrogens is 264 g/mol. The molecular formula is C14H24O4S. The van der Waals surface area contributed by atoms with Crippen LogP contribution in [0, 0.1) is 0 Å². The van der Waals surface area contributed by atoms with Gasteiger partial charge in [0.15, 0.2) is 0 Å². The lowest BCUT2D eigenvalue weighted by atomic mass is 10.1. The molecule has 0 aromatic rings. The van der Waals surface area contributed by atoms with Crippen molar-refractivity contribution < 1.29 is 19.4 Å². The maximum atomic E-state index is 11.7. The van der Waals surface area contributed by atoms with Crippen molar-refractivity contribution >= 4 is 23.7 Å². The fourth-order valence-corrected chi connectivity index (χ4v) is 3.38. The van der Waals surface area contributed by atoms with E-state index in [2.05, 4.69) is 6.92 Å². The zero-order valence-corrected chi connectivity index (χ0v) is 12.4. The Morgan fingerprint density at radius 2 is 1.74 bits per heavy atom. The predicted octanol–water partition coefficient (Wildman–Crippen LogP) is 3.24. The average Bonchev–Trinajstić information content (AvgIpc) is 2.87. The number of thioether (sulfide) groups is 1. The van der Waals surface area contributed by atoms with Gasteiger partial charge in [-0.1, -0.05) is 39.0 Å². The Balaban J connectivity index is 2.04. The molecule has 0 radical (unpaired) electrons. The molecule has 0 aromatic carbocycles. The van der Waals surface area contributed by atoms with E-state index < -0.39 is 11.2 Å². The first-order valence-electron chi connectivity index (χ1n) is 7.20. The number of hydrogen-bond donors (Lipinski definition) is 1. The summed E-state index contributed by atoms with van der Waals surface area (Å²) in [5.74, 6) is -1.06. The molecule has 1 aliphatic heterocycles. The van der Waals surface area contributed by atoms with Gasteiger partial charge in [-0.25, -0.2) is 0 Å². The number of hydrogen-bond acceptors (Lipinski definition) is 4. The highest BCUT2D eigenvalue weighted by atomic mass is 32.2. The monoisotopic (exact) mass is 288 g/mol. The number of rotatable bonds is 9. The largest absolute Gasteiger partial charge is 0.480 e. The van der Waals surface area contributed by atoms with E-state index >= 15 is 0 Å². The average molecular weight is 288 g/mol. The van der Waals surface area contributed by atoms with Gasteiger partial charge in [-0.05, 0) is 19.3 Å². The first-order chi connectivity index (χ1) is 9.15. The fourth-order valence-electron chi connectivity index (χ4n) is 2.14. The maximum absolute atomic E-state index is 11.7. The quantitative estimate of drug-likeness (QED) is 0.521. The standard InChI is InChI=1S/C14H24O4S/c1-2-3-4-5-6-7-10-18-14(17)12-9-8-11(19-12)13(15)16/h11-12H,2-10H2,1H3,(H,15,16). The summed E-state index contributed by atoms with van der Waals surface area (Å²) < 4.78 is 5.21. The van der Waals surface area contributed by atoms with Gasteiger partial charge in [0.2, 0.25) is 0 Å². The summed E-state index contributed by atoms with van der Waals surface area (Å²) in [6.07, 6.45) is 8.16. The van der Waals surface area contributed by atoms with E-state index in [1.54, 1.807) is 0 Å². The van der Waals surface area contributed by atoms with Crippen LogP contribution in [0.5, 0.6) is 0 Å². The Labute approximate surface area is 119 Å². The Bertz CT molecular complexity index is 293. The second-order valence-electron chi connectivity index (χ2n) is 4.96. The lowest BCUT2D eigenvalue weighted by molar-refractivity contribution is -0.143. The van der Waals surface area contributed by atoms with Crippen molar-refractivity contribution in [2.75, 3.05) is 6.61 Å². The highest BCUT2D eigenvalue weighted by molar-refractivity contribution is 8.02. The molecule has 1 aliphatic rings. The summed E-state index contributed by atoms with van der Waals surface area (Å²) >= 11 is 1.23. The molecule has 0 bridgehead atoms. The van der Waals surface area contributed by atoms with Crippen LogP contribution in [0.4, 0.5) is 0 Å². The molecule has 1 rings (SSSR count). The van der Waals surface area contributed by atoms with Crippen molar-refractivity contribution in [1.29, 1.82) is 0 Å². The van der Waals surface area contributed by atoms with Crippen LogP contribution in [0.2, 0.25) is 0 Å². The number of carbonyl (C=O) groups excluding carboxylic acids is 1. The minimum Gasteiger partial charge on any atom is -0.480 e. The van der Waals surface area contributed by atoms with Crippen molar-refractivity contribution in [1.82, 2.24) is 0 Å². The third kappa shape index (κ3) is 6.32. The molecule has 0 aromatic heterocycles. The number of esters is 1. The van der Waals surface area contributed by atoms with Gasteiger partial charge in [-0.2, -0.15) is 0 Å². The summed E-state index contributed by atoms with van der Waals surface area (Å²) in [7, 11) is 0. The molecule has 5 heteroatoms. The Hall–Kier alpha value is -0.710. The van der Waals surface area contributed by atoms with Crippen LogP contribution in [-0.2, 0) is 14.3 Å². The van der Waals surface area contributed by atoms with Gasteiger partial charge in [0.25, 0.3) is 0 Å². The number of ether oxygens (including phenoxy) is 1. The van der Waals surface area contributed by atoms with Crippen LogP contribution in [0.15, 0.2) is 0 Å². The maximum Gasteiger partial charge on any atom is 0.319 e. The van der Waals surface area contributed by atoms with Crippen molar-refractivity contribution in [2.45, 2.75) is 68.8 Å². The van der Waals surface area contributed by atoms with Crippen molar-refractivity contribution in [2.24, 2.45) is 0 Å². The molecule has 0 amide bonds. The number of aliphatic carboxylic acids is 1. The summed E-state index contributed by atoms with van der Waals surface area (Å²) in [5.41, 5.74) is 0. The number of carboxylic acids is 1. The van der Waals surface area contributed by atoms with Gasteiger partial charge >= 0.3 is 11.9 Å². The Morgan fingerprint density at radius 1 is 1.11 bits per heavy atom. The topological polar surface area (TPSA) is 63.6 Å². The van der Waals surface area contributed by atoms with Gasteiger partial charge in [0.05, 0.1) is 6.61 Å². The molecule has 1 heterocycles. The molecule has 1 fully saturated rings. The SMILES string of the molecule is CCCCCCCCOC(=O)C1CCC(C(=O)O)S1. The van der Waals surface area contributed by atoms with Crippen LogP contribution in [-0.4, -0.2) is 34.2 Å². The lowest BCUT2D eigenvalue weighted by Crippen LogP contribution is -2.19. The van der Waals surface area contributed by atoms with Gasteiger partial charge < -0.3 is 9.84 Å². The van der Waals surface area contributed by atoms with Crippen molar-refractivity contribution in [3.05, 3.63) is 0 Å². The highest BCUT2D eigenvalue weighted by Crippen LogP contribution is 2.34. The van der Waals surface area contributed by atoms with Gasteiger partial charge in [-0.15, -0.1) is 11.8 Å². The van der Waals surface area contributed by atoms with E-state index in [1.807, 2.05) is 0 Å². The zero-order valence-electron chi connectivity index (χ0n) is 11.6. The molecule has 1 saturated heterocycles. The number of unbranched alkanes of at least 4 members (excludes halogenated alkanes) is 5. The minimum atomic E-state index is -0.823. The van der Waals surface area contributed by atoms with Crippen LogP contribution < -0.4 is 0 Å². The van der Waals surface area contributed by atoms with Crippen molar-refractivity contribution in [3.8, 4) is 0 Å². The summed E-state index contributed by atoms with van der Waals surface area (Å²) in [4.78, 5) is 22.5. The third-order valence-corrected chi connectivity index (χ3v) is 4.82. The summed E-state index contributed by atoms with van der Waals surface area (Å²) in [5, 5.41) is 8.14. The normalized spacial score (nSPS) is 22.4. The lowest BCUT2D eigenvalue weighted by Gasteiger charge is -2.09. The second-order valence-corrected chi connectivity index (χ2v) is 6.37. The van der Waals surface area contributed by atoms with Crippen LogP contribution >= 0.6 is 11.8 Å². The van der Waals surface area contributed by atoms with E-state index in [9.17, 15) is 9.59 Å².